The molecule has 1 heterocycles. The highest BCUT2D eigenvalue weighted by atomic mass is 16.4. The molecule has 108 valence electrons. The Morgan fingerprint density at radius 1 is 1.21 bits per heavy atom. The highest BCUT2D eigenvalue weighted by Gasteiger charge is 2.39. The van der Waals surface area contributed by atoms with E-state index in [0.717, 1.165) is 45.1 Å². The fourth-order valence-electron chi connectivity index (χ4n) is 3.53. The Morgan fingerprint density at radius 2 is 1.89 bits per heavy atom. The van der Waals surface area contributed by atoms with Crippen molar-refractivity contribution in [3.05, 3.63) is 0 Å². The van der Waals surface area contributed by atoms with Gasteiger partial charge in [0.15, 0.2) is 0 Å². The van der Waals surface area contributed by atoms with Crippen molar-refractivity contribution < 1.29 is 14.7 Å². The second-order valence-corrected chi connectivity index (χ2v) is 6.20. The third-order valence-corrected chi connectivity index (χ3v) is 4.53. The van der Waals surface area contributed by atoms with E-state index in [1.54, 1.807) is 0 Å². The molecule has 19 heavy (non-hydrogen) atoms. The van der Waals surface area contributed by atoms with E-state index in [0.29, 0.717) is 13.0 Å². The minimum atomic E-state index is -0.787. The van der Waals surface area contributed by atoms with Crippen LogP contribution in [-0.4, -0.2) is 41.0 Å². The molecule has 0 aromatic heterocycles. The van der Waals surface area contributed by atoms with Crippen LogP contribution in [0.25, 0.3) is 0 Å². The maximum atomic E-state index is 12.4. The Balaban J connectivity index is 1.96. The molecular formula is C14H24N2O3. The Labute approximate surface area is 114 Å². The van der Waals surface area contributed by atoms with E-state index >= 15 is 0 Å². The fraction of sp³-hybridized carbons (Fsp3) is 0.857. The maximum Gasteiger partial charge on any atom is 0.303 e. The molecular weight excluding hydrogens is 244 g/mol. The predicted molar refractivity (Wildman–Crippen MR) is 71.6 cm³/mol. The van der Waals surface area contributed by atoms with Gasteiger partial charge in [-0.05, 0) is 31.1 Å². The minimum absolute atomic E-state index is 0.0803. The van der Waals surface area contributed by atoms with E-state index in [4.69, 9.17) is 10.8 Å². The zero-order chi connectivity index (χ0) is 13.9. The van der Waals surface area contributed by atoms with Gasteiger partial charge in [0.25, 0.3) is 0 Å². The van der Waals surface area contributed by atoms with Crippen LogP contribution in [0.1, 0.15) is 51.4 Å². The molecule has 0 aromatic rings. The van der Waals surface area contributed by atoms with Crippen molar-refractivity contribution in [1.29, 1.82) is 0 Å². The van der Waals surface area contributed by atoms with Crippen LogP contribution in [0.2, 0.25) is 0 Å². The summed E-state index contributed by atoms with van der Waals surface area (Å²) in [6.45, 7) is 1.40. The summed E-state index contributed by atoms with van der Waals surface area (Å²) >= 11 is 0. The number of carbonyl (C=O) groups excluding carboxylic acids is 1. The molecule has 1 aliphatic carbocycles. The first-order valence-electron chi connectivity index (χ1n) is 7.26. The number of hydrogen-bond donors (Lipinski definition) is 2. The molecule has 3 N–H and O–H groups in total. The van der Waals surface area contributed by atoms with E-state index in [1.807, 2.05) is 4.90 Å². The quantitative estimate of drug-likeness (QED) is 0.806. The van der Waals surface area contributed by atoms with Gasteiger partial charge in [-0.1, -0.05) is 12.8 Å². The Morgan fingerprint density at radius 3 is 2.47 bits per heavy atom. The molecule has 0 radical (unpaired) electrons. The van der Waals surface area contributed by atoms with Crippen LogP contribution in [0.3, 0.4) is 0 Å². The molecule has 1 unspecified atom stereocenters. The third-order valence-electron chi connectivity index (χ3n) is 4.53. The summed E-state index contributed by atoms with van der Waals surface area (Å²) in [4.78, 5) is 25.2. The normalized spacial score (nSPS) is 26.4. The predicted octanol–water partition coefficient (Wildman–Crippen LogP) is 1.36. The van der Waals surface area contributed by atoms with Crippen LogP contribution in [-0.2, 0) is 9.59 Å². The number of piperidine rings is 1. The lowest BCUT2D eigenvalue weighted by Crippen LogP contribution is -2.47. The van der Waals surface area contributed by atoms with Crippen LogP contribution in [0.15, 0.2) is 0 Å². The number of nitrogens with two attached hydrogens (primary N) is 1. The standard InChI is InChI=1S/C14H24N2O3/c15-11-4-3-7-16(10-11)12(17)8-14(9-13(18)19)5-1-2-6-14/h11H,1-10,15H2,(H,18,19). The van der Waals surface area contributed by atoms with Crippen LogP contribution in [0.4, 0.5) is 0 Å². The van der Waals surface area contributed by atoms with Crippen LogP contribution >= 0.6 is 0 Å². The van der Waals surface area contributed by atoms with E-state index < -0.39 is 5.97 Å². The van der Waals surface area contributed by atoms with Gasteiger partial charge in [-0.25, -0.2) is 0 Å². The van der Waals surface area contributed by atoms with Gasteiger partial charge in [0, 0.05) is 25.6 Å². The lowest BCUT2D eigenvalue weighted by atomic mass is 9.79. The monoisotopic (exact) mass is 268 g/mol. The maximum absolute atomic E-state index is 12.4. The molecule has 5 nitrogen and oxygen atoms in total. The number of likely N-dealkylation sites (tertiary alicyclic amines) is 1. The van der Waals surface area contributed by atoms with Crippen LogP contribution in [0, 0.1) is 5.41 Å². The van der Waals surface area contributed by atoms with Gasteiger partial charge in [0.2, 0.25) is 5.91 Å². The second kappa shape index (κ2) is 5.90. The molecule has 0 spiro atoms. The van der Waals surface area contributed by atoms with Gasteiger partial charge in [0.05, 0.1) is 6.42 Å². The number of hydrogen-bond acceptors (Lipinski definition) is 3. The van der Waals surface area contributed by atoms with Gasteiger partial charge >= 0.3 is 5.97 Å². The number of carboxylic acids is 1. The van der Waals surface area contributed by atoms with Gasteiger partial charge in [0.1, 0.15) is 0 Å². The number of nitrogens with zero attached hydrogens (tertiary/aromatic N) is 1. The third kappa shape index (κ3) is 3.69. The van der Waals surface area contributed by atoms with Crippen molar-refractivity contribution in [2.75, 3.05) is 13.1 Å². The second-order valence-electron chi connectivity index (χ2n) is 6.20. The largest absolute Gasteiger partial charge is 0.481 e. The van der Waals surface area contributed by atoms with Gasteiger partial charge in [-0.2, -0.15) is 0 Å². The van der Waals surface area contributed by atoms with E-state index in [2.05, 4.69) is 0 Å². The summed E-state index contributed by atoms with van der Waals surface area (Å²) in [6.07, 6.45) is 6.25. The molecule has 0 aromatic carbocycles. The average molecular weight is 268 g/mol. The van der Waals surface area contributed by atoms with Crippen molar-refractivity contribution in [3.8, 4) is 0 Å². The number of carbonyl (C=O) groups is 2. The molecule has 1 amide bonds. The van der Waals surface area contributed by atoms with Crippen molar-refractivity contribution in [3.63, 3.8) is 0 Å². The highest BCUT2D eigenvalue weighted by Crippen LogP contribution is 2.44. The van der Waals surface area contributed by atoms with E-state index in [1.165, 1.54) is 0 Å². The van der Waals surface area contributed by atoms with Crippen molar-refractivity contribution in [1.82, 2.24) is 4.90 Å². The molecule has 2 rings (SSSR count). The lowest BCUT2D eigenvalue weighted by molar-refractivity contribution is -0.141. The van der Waals surface area contributed by atoms with Crippen molar-refractivity contribution in [2.45, 2.75) is 57.4 Å². The topological polar surface area (TPSA) is 83.6 Å². The summed E-state index contributed by atoms with van der Waals surface area (Å²) in [6, 6.07) is 0.0803. The van der Waals surface area contributed by atoms with Crippen molar-refractivity contribution >= 4 is 11.9 Å². The van der Waals surface area contributed by atoms with Gasteiger partial charge < -0.3 is 15.7 Å². The molecule has 1 saturated heterocycles. The number of carboxylic acid groups (broad SMARTS) is 1. The summed E-state index contributed by atoms with van der Waals surface area (Å²) in [5, 5.41) is 9.06. The van der Waals surface area contributed by atoms with Crippen LogP contribution < -0.4 is 5.73 Å². The minimum Gasteiger partial charge on any atom is -0.481 e. The summed E-state index contributed by atoms with van der Waals surface area (Å²) in [5.74, 6) is -0.691. The smallest absolute Gasteiger partial charge is 0.303 e. The van der Waals surface area contributed by atoms with E-state index in [-0.39, 0.29) is 23.8 Å². The molecule has 2 fully saturated rings. The molecule has 0 bridgehead atoms. The van der Waals surface area contributed by atoms with Crippen molar-refractivity contribution in [2.24, 2.45) is 11.1 Å². The number of amides is 1. The Kier molecular flexibility index (Phi) is 4.45. The molecule has 1 atom stereocenters. The summed E-state index contributed by atoms with van der Waals surface area (Å²) < 4.78 is 0. The SMILES string of the molecule is NC1CCCN(C(=O)CC2(CC(=O)O)CCCC2)C1. The molecule has 5 heteroatoms. The zero-order valence-corrected chi connectivity index (χ0v) is 11.4. The molecule has 1 saturated carbocycles. The molecule has 2 aliphatic rings. The Bertz CT molecular complexity index is 351. The molecule has 1 aliphatic heterocycles. The number of aliphatic carboxylic acids is 1. The summed E-state index contributed by atoms with van der Waals surface area (Å²) in [5.41, 5.74) is 5.60. The highest BCUT2D eigenvalue weighted by molar-refractivity contribution is 5.78. The van der Waals surface area contributed by atoms with Gasteiger partial charge in [-0.3, -0.25) is 9.59 Å². The Hall–Kier alpha value is -1.10. The van der Waals surface area contributed by atoms with Crippen LogP contribution in [0.5, 0.6) is 0 Å². The van der Waals surface area contributed by atoms with E-state index in [9.17, 15) is 9.59 Å². The first kappa shape index (κ1) is 14.3. The average Bonchev–Trinajstić information content (AvgIpc) is 2.76. The lowest BCUT2D eigenvalue weighted by Gasteiger charge is -2.34. The fourth-order valence-corrected chi connectivity index (χ4v) is 3.53. The first-order valence-corrected chi connectivity index (χ1v) is 7.26. The first-order chi connectivity index (χ1) is 9.01. The van der Waals surface area contributed by atoms with Gasteiger partial charge in [-0.15, -0.1) is 0 Å². The number of rotatable bonds is 4. The zero-order valence-electron chi connectivity index (χ0n) is 11.4. The summed E-state index contributed by atoms with van der Waals surface area (Å²) in [7, 11) is 0.